The minimum atomic E-state index is -1.16. The van der Waals surface area contributed by atoms with Gasteiger partial charge in [-0.05, 0) is 18.4 Å². The Bertz CT molecular complexity index is 272. The average molecular weight is 198 g/mol. The van der Waals surface area contributed by atoms with Gasteiger partial charge in [0.15, 0.2) is 5.41 Å². The van der Waals surface area contributed by atoms with E-state index in [2.05, 4.69) is 11.3 Å². The van der Waals surface area contributed by atoms with Crippen molar-refractivity contribution in [1.82, 2.24) is 0 Å². The van der Waals surface area contributed by atoms with Crippen molar-refractivity contribution in [1.29, 1.82) is 0 Å². The highest BCUT2D eigenvalue weighted by molar-refractivity contribution is 6.00. The van der Waals surface area contributed by atoms with Crippen LogP contribution in [0.2, 0.25) is 0 Å². The van der Waals surface area contributed by atoms with Crippen molar-refractivity contribution in [2.24, 2.45) is 5.41 Å². The molecule has 0 saturated carbocycles. The van der Waals surface area contributed by atoms with E-state index in [9.17, 15) is 9.59 Å². The van der Waals surface area contributed by atoms with Gasteiger partial charge in [-0.3, -0.25) is 9.59 Å². The van der Waals surface area contributed by atoms with Crippen LogP contribution in [0.15, 0.2) is 12.2 Å². The van der Waals surface area contributed by atoms with Crippen molar-refractivity contribution >= 4 is 11.9 Å². The molecule has 0 radical (unpaired) electrons. The molecule has 0 spiro atoms. The summed E-state index contributed by atoms with van der Waals surface area (Å²) in [7, 11) is 1.27. The third kappa shape index (κ3) is 1.52. The van der Waals surface area contributed by atoms with E-state index in [1.807, 2.05) is 0 Å². The largest absolute Gasteiger partial charge is 0.468 e. The molecule has 0 aromatic heterocycles. The first-order valence-corrected chi connectivity index (χ1v) is 4.49. The summed E-state index contributed by atoms with van der Waals surface area (Å²) in [6, 6.07) is 0. The molecule has 0 bridgehead atoms. The zero-order valence-corrected chi connectivity index (χ0v) is 8.46. The number of carbonyl (C=O) groups excluding carboxylic acids is 2. The summed E-state index contributed by atoms with van der Waals surface area (Å²) in [5, 5.41) is 0. The van der Waals surface area contributed by atoms with Crippen LogP contribution in [0.3, 0.4) is 0 Å². The molecule has 1 rings (SSSR count). The quantitative estimate of drug-likeness (QED) is 0.378. The van der Waals surface area contributed by atoms with Gasteiger partial charge in [-0.25, -0.2) is 0 Å². The first-order valence-electron chi connectivity index (χ1n) is 4.49. The van der Waals surface area contributed by atoms with Crippen LogP contribution in [-0.4, -0.2) is 25.7 Å². The fourth-order valence-electron chi connectivity index (χ4n) is 1.62. The molecule has 0 aliphatic carbocycles. The third-order valence-electron chi connectivity index (χ3n) is 2.53. The fraction of sp³-hybridized carbons (Fsp3) is 0.600. The van der Waals surface area contributed by atoms with Crippen molar-refractivity contribution in [3.8, 4) is 0 Å². The summed E-state index contributed by atoms with van der Waals surface area (Å²) in [6.07, 6.45) is 0.701. The Labute approximate surface area is 82.9 Å². The van der Waals surface area contributed by atoms with E-state index in [0.29, 0.717) is 12.8 Å². The average Bonchev–Trinajstić information content (AvgIpc) is 2.20. The molecule has 1 unspecified atom stereocenters. The van der Waals surface area contributed by atoms with E-state index in [0.717, 1.165) is 5.57 Å². The van der Waals surface area contributed by atoms with Crippen molar-refractivity contribution in [2.75, 3.05) is 13.7 Å². The molecule has 1 fully saturated rings. The Kier molecular flexibility index (Phi) is 2.93. The number of methoxy groups -OCH3 is 1. The maximum atomic E-state index is 11.5. The third-order valence-corrected chi connectivity index (χ3v) is 2.53. The van der Waals surface area contributed by atoms with Gasteiger partial charge in [0.2, 0.25) is 0 Å². The van der Waals surface area contributed by atoms with Crippen LogP contribution in [0.4, 0.5) is 0 Å². The molecular formula is C10H14O4. The number of carbonyl (C=O) groups is 2. The number of rotatable bonds is 2. The second-order valence-electron chi connectivity index (χ2n) is 3.43. The fourth-order valence-corrected chi connectivity index (χ4v) is 1.62. The van der Waals surface area contributed by atoms with Crippen molar-refractivity contribution in [3.05, 3.63) is 12.2 Å². The van der Waals surface area contributed by atoms with E-state index >= 15 is 0 Å². The van der Waals surface area contributed by atoms with E-state index in [4.69, 9.17) is 4.74 Å². The van der Waals surface area contributed by atoms with E-state index < -0.39 is 17.4 Å². The molecule has 0 amide bonds. The second-order valence-corrected chi connectivity index (χ2v) is 3.43. The lowest BCUT2D eigenvalue weighted by molar-refractivity contribution is -0.173. The smallest absolute Gasteiger partial charge is 0.324 e. The molecule has 1 heterocycles. The van der Waals surface area contributed by atoms with Crippen LogP contribution in [0.5, 0.6) is 0 Å². The molecule has 0 aromatic carbocycles. The van der Waals surface area contributed by atoms with Crippen molar-refractivity contribution in [2.45, 2.75) is 19.8 Å². The Balaban J connectivity index is 3.00. The van der Waals surface area contributed by atoms with E-state index in [1.54, 1.807) is 6.92 Å². The maximum Gasteiger partial charge on any atom is 0.324 e. The highest BCUT2D eigenvalue weighted by Crippen LogP contribution is 2.36. The Morgan fingerprint density at radius 2 is 2.36 bits per heavy atom. The van der Waals surface area contributed by atoms with Gasteiger partial charge in [-0.1, -0.05) is 13.5 Å². The molecule has 4 heteroatoms. The van der Waals surface area contributed by atoms with Gasteiger partial charge in [-0.15, -0.1) is 0 Å². The topological polar surface area (TPSA) is 52.6 Å². The summed E-state index contributed by atoms with van der Waals surface area (Å²) in [6.45, 7) is 5.69. The molecule has 1 aliphatic rings. The molecular weight excluding hydrogens is 184 g/mol. The molecule has 4 nitrogen and oxygen atoms in total. The minimum absolute atomic E-state index is 0.206. The molecule has 0 aromatic rings. The summed E-state index contributed by atoms with van der Waals surface area (Å²) in [5.41, 5.74) is -0.416. The summed E-state index contributed by atoms with van der Waals surface area (Å²) in [5.74, 6) is -1.04. The number of hydrogen-bond acceptors (Lipinski definition) is 4. The molecule has 1 aliphatic heterocycles. The molecule has 1 saturated heterocycles. The number of hydrogen-bond donors (Lipinski definition) is 0. The van der Waals surface area contributed by atoms with Gasteiger partial charge in [0.05, 0.1) is 7.11 Å². The predicted molar refractivity (Wildman–Crippen MR) is 49.5 cm³/mol. The lowest BCUT2D eigenvalue weighted by atomic mass is 9.78. The summed E-state index contributed by atoms with van der Waals surface area (Å²) in [4.78, 5) is 23.0. The lowest BCUT2D eigenvalue weighted by Gasteiger charge is -2.32. The first-order chi connectivity index (χ1) is 6.56. The highest BCUT2D eigenvalue weighted by Gasteiger charge is 2.49. The maximum absolute atomic E-state index is 11.5. The number of ether oxygens (including phenoxy) is 2. The molecule has 14 heavy (non-hydrogen) atoms. The van der Waals surface area contributed by atoms with Crippen LogP contribution < -0.4 is 0 Å². The summed E-state index contributed by atoms with van der Waals surface area (Å²) < 4.78 is 9.50. The van der Waals surface area contributed by atoms with Crippen molar-refractivity contribution in [3.63, 3.8) is 0 Å². The van der Waals surface area contributed by atoms with Gasteiger partial charge in [-0.2, -0.15) is 0 Å². The van der Waals surface area contributed by atoms with Crippen LogP contribution in [-0.2, 0) is 19.1 Å². The normalized spacial score (nSPS) is 27.0. The Morgan fingerprint density at radius 1 is 1.71 bits per heavy atom. The van der Waals surface area contributed by atoms with E-state index in [1.165, 1.54) is 7.11 Å². The van der Waals surface area contributed by atoms with Gasteiger partial charge < -0.3 is 9.47 Å². The first kappa shape index (κ1) is 10.8. The SMILES string of the molecule is C=C1COC(=O)C(CC)(C(=O)OC)C1. The van der Waals surface area contributed by atoms with Crippen LogP contribution in [0.1, 0.15) is 19.8 Å². The van der Waals surface area contributed by atoms with Gasteiger partial charge in [0.1, 0.15) is 6.61 Å². The number of esters is 2. The minimum Gasteiger partial charge on any atom is -0.468 e. The molecule has 78 valence electrons. The summed E-state index contributed by atoms with van der Waals surface area (Å²) >= 11 is 0. The van der Waals surface area contributed by atoms with Crippen LogP contribution in [0, 0.1) is 5.41 Å². The Morgan fingerprint density at radius 3 is 2.86 bits per heavy atom. The van der Waals surface area contributed by atoms with Crippen molar-refractivity contribution < 1.29 is 19.1 Å². The highest BCUT2D eigenvalue weighted by atomic mass is 16.6. The van der Waals surface area contributed by atoms with E-state index in [-0.39, 0.29) is 6.61 Å². The molecule has 1 atom stereocenters. The van der Waals surface area contributed by atoms with Gasteiger partial charge in [0, 0.05) is 0 Å². The van der Waals surface area contributed by atoms with Gasteiger partial charge >= 0.3 is 11.9 Å². The second kappa shape index (κ2) is 3.82. The number of cyclic esters (lactones) is 1. The zero-order valence-electron chi connectivity index (χ0n) is 8.46. The van der Waals surface area contributed by atoms with Crippen LogP contribution >= 0.6 is 0 Å². The lowest BCUT2D eigenvalue weighted by Crippen LogP contribution is -2.44. The standard InChI is InChI=1S/C10H14O4/c1-4-10(8(11)13-3)5-7(2)6-14-9(10)12/h2,4-6H2,1,3H3. The monoisotopic (exact) mass is 198 g/mol. The van der Waals surface area contributed by atoms with Crippen LogP contribution in [0.25, 0.3) is 0 Å². The zero-order chi connectivity index (χ0) is 10.8. The van der Waals surface area contributed by atoms with Gasteiger partial charge in [0.25, 0.3) is 0 Å². The predicted octanol–water partition coefficient (Wildman–Crippen LogP) is 1.06. The Hall–Kier alpha value is -1.32. The molecule has 0 N–H and O–H groups in total.